The molecule has 1 aromatic rings. The maximum Gasteiger partial charge on any atom is 0.0522 e. The van der Waals surface area contributed by atoms with Crippen LogP contribution in [0.1, 0.15) is 18.9 Å². The monoisotopic (exact) mass is 197 g/mol. The molecule has 80 valence electrons. The van der Waals surface area contributed by atoms with E-state index in [1.54, 1.807) is 0 Å². The fourth-order valence-corrected chi connectivity index (χ4v) is 1.30. The maximum atomic E-state index is 5.45. The quantitative estimate of drug-likeness (QED) is 0.658. The summed E-state index contributed by atoms with van der Waals surface area (Å²) in [5, 5.41) is 4.24. The summed E-state index contributed by atoms with van der Waals surface area (Å²) < 4.78 is 7.20. The molecule has 1 heterocycles. The van der Waals surface area contributed by atoms with Gasteiger partial charge in [-0.1, -0.05) is 0 Å². The lowest BCUT2D eigenvalue weighted by Gasteiger charge is -2.01. The van der Waals surface area contributed by atoms with Crippen molar-refractivity contribution in [1.82, 2.24) is 9.78 Å². The van der Waals surface area contributed by atoms with E-state index in [4.69, 9.17) is 10.5 Å². The van der Waals surface area contributed by atoms with Crippen LogP contribution in [0.2, 0.25) is 0 Å². The van der Waals surface area contributed by atoms with E-state index in [0.717, 1.165) is 32.6 Å². The second kappa shape index (κ2) is 6.56. The van der Waals surface area contributed by atoms with Gasteiger partial charge in [0.1, 0.15) is 0 Å². The van der Waals surface area contributed by atoms with Crippen molar-refractivity contribution in [3.05, 3.63) is 18.0 Å². The first-order valence-electron chi connectivity index (χ1n) is 5.16. The van der Waals surface area contributed by atoms with Crippen molar-refractivity contribution in [1.29, 1.82) is 0 Å². The Bertz CT molecular complexity index is 247. The Morgan fingerprint density at radius 1 is 1.57 bits per heavy atom. The van der Waals surface area contributed by atoms with E-state index in [9.17, 15) is 0 Å². The summed E-state index contributed by atoms with van der Waals surface area (Å²) in [6.45, 7) is 5.21. The van der Waals surface area contributed by atoms with Gasteiger partial charge < -0.3 is 10.5 Å². The largest absolute Gasteiger partial charge is 0.382 e. The molecular formula is C10H19N3O. The fraction of sp³-hybridized carbons (Fsp3) is 0.700. The van der Waals surface area contributed by atoms with Crippen LogP contribution in [0.25, 0.3) is 0 Å². The molecule has 0 aromatic carbocycles. The van der Waals surface area contributed by atoms with Crippen molar-refractivity contribution >= 4 is 0 Å². The number of aromatic nitrogens is 2. The molecule has 2 N–H and O–H groups in total. The first-order chi connectivity index (χ1) is 6.86. The summed E-state index contributed by atoms with van der Waals surface area (Å²) in [4.78, 5) is 0. The molecule has 4 heteroatoms. The summed E-state index contributed by atoms with van der Waals surface area (Å²) in [5.74, 6) is 0. The molecular weight excluding hydrogens is 178 g/mol. The summed E-state index contributed by atoms with van der Waals surface area (Å²) in [6.07, 6.45) is 5.86. The second-order valence-corrected chi connectivity index (χ2v) is 3.20. The Kier molecular flexibility index (Phi) is 5.25. The Morgan fingerprint density at radius 3 is 3.14 bits per heavy atom. The highest BCUT2D eigenvalue weighted by Gasteiger charge is 1.97. The van der Waals surface area contributed by atoms with Crippen LogP contribution in [0.3, 0.4) is 0 Å². The minimum atomic E-state index is 0.685. The minimum Gasteiger partial charge on any atom is -0.382 e. The van der Waals surface area contributed by atoms with Crippen LogP contribution in [0.4, 0.5) is 0 Å². The standard InChI is InChI=1S/C10H19N3O/c1-2-14-7-3-6-13-9-10(4-5-11)8-12-13/h8-9H,2-7,11H2,1H3. The van der Waals surface area contributed by atoms with Crippen molar-refractivity contribution in [2.24, 2.45) is 5.73 Å². The lowest BCUT2D eigenvalue weighted by atomic mass is 10.3. The topological polar surface area (TPSA) is 53.1 Å². The molecule has 0 aliphatic heterocycles. The van der Waals surface area contributed by atoms with Gasteiger partial charge in [0.15, 0.2) is 0 Å². The third-order valence-electron chi connectivity index (χ3n) is 2.00. The van der Waals surface area contributed by atoms with E-state index in [-0.39, 0.29) is 0 Å². The molecule has 1 aromatic heterocycles. The zero-order valence-corrected chi connectivity index (χ0v) is 8.78. The van der Waals surface area contributed by atoms with Gasteiger partial charge in [-0.05, 0) is 31.9 Å². The van der Waals surface area contributed by atoms with Crippen LogP contribution in [-0.2, 0) is 17.7 Å². The van der Waals surface area contributed by atoms with E-state index >= 15 is 0 Å². The molecule has 0 aliphatic carbocycles. The molecule has 0 fully saturated rings. The number of nitrogens with two attached hydrogens (primary N) is 1. The molecule has 14 heavy (non-hydrogen) atoms. The molecule has 0 aliphatic rings. The summed E-state index contributed by atoms with van der Waals surface area (Å²) >= 11 is 0. The first kappa shape index (κ1) is 11.2. The summed E-state index contributed by atoms with van der Waals surface area (Å²) in [6, 6.07) is 0. The first-order valence-corrected chi connectivity index (χ1v) is 5.16. The van der Waals surface area contributed by atoms with Gasteiger partial charge in [-0.2, -0.15) is 5.10 Å². The number of nitrogens with zero attached hydrogens (tertiary/aromatic N) is 2. The van der Waals surface area contributed by atoms with Gasteiger partial charge in [-0.15, -0.1) is 0 Å². The molecule has 0 saturated heterocycles. The van der Waals surface area contributed by atoms with E-state index in [1.165, 1.54) is 5.56 Å². The Balaban J connectivity index is 2.22. The molecule has 0 unspecified atom stereocenters. The predicted molar refractivity (Wildman–Crippen MR) is 56.1 cm³/mol. The highest BCUT2D eigenvalue weighted by Crippen LogP contribution is 1.99. The van der Waals surface area contributed by atoms with Crippen molar-refractivity contribution in [3.63, 3.8) is 0 Å². The van der Waals surface area contributed by atoms with E-state index in [1.807, 2.05) is 17.8 Å². The van der Waals surface area contributed by atoms with Crippen LogP contribution in [0, 0.1) is 0 Å². The molecule has 1 rings (SSSR count). The normalized spacial score (nSPS) is 10.7. The number of hydrogen-bond donors (Lipinski definition) is 1. The SMILES string of the molecule is CCOCCCn1cc(CCN)cn1. The van der Waals surface area contributed by atoms with Gasteiger partial charge in [-0.3, -0.25) is 4.68 Å². The van der Waals surface area contributed by atoms with Gasteiger partial charge >= 0.3 is 0 Å². The molecule has 0 amide bonds. The Morgan fingerprint density at radius 2 is 2.43 bits per heavy atom. The Hall–Kier alpha value is -0.870. The zero-order chi connectivity index (χ0) is 10.2. The molecule has 0 spiro atoms. The van der Waals surface area contributed by atoms with Gasteiger partial charge in [0.2, 0.25) is 0 Å². The molecule has 0 atom stereocenters. The van der Waals surface area contributed by atoms with E-state index < -0.39 is 0 Å². The summed E-state index contributed by atoms with van der Waals surface area (Å²) in [7, 11) is 0. The molecule has 0 radical (unpaired) electrons. The number of aryl methyl sites for hydroxylation is 1. The summed E-state index contributed by atoms with van der Waals surface area (Å²) in [5.41, 5.74) is 6.66. The van der Waals surface area contributed by atoms with Gasteiger partial charge in [0, 0.05) is 26.0 Å². The molecule has 0 saturated carbocycles. The predicted octanol–water partition coefficient (Wildman–Crippen LogP) is 0.811. The van der Waals surface area contributed by atoms with Crippen LogP contribution >= 0.6 is 0 Å². The van der Waals surface area contributed by atoms with Gasteiger partial charge in [0.25, 0.3) is 0 Å². The minimum absolute atomic E-state index is 0.685. The third kappa shape index (κ3) is 3.89. The van der Waals surface area contributed by atoms with Crippen LogP contribution in [0.5, 0.6) is 0 Å². The van der Waals surface area contributed by atoms with Gasteiger partial charge in [0.05, 0.1) is 6.20 Å². The van der Waals surface area contributed by atoms with Crippen LogP contribution in [0.15, 0.2) is 12.4 Å². The Labute approximate surface area is 85.0 Å². The van der Waals surface area contributed by atoms with Crippen molar-refractivity contribution in [2.75, 3.05) is 19.8 Å². The maximum absolute atomic E-state index is 5.45. The van der Waals surface area contributed by atoms with Crippen molar-refractivity contribution < 1.29 is 4.74 Å². The van der Waals surface area contributed by atoms with Gasteiger partial charge in [-0.25, -0.2) is 0 Å². The van der Waals surface area contributed by atoms with Crippen molar-refractivity contribution in [2.45, 2.75) is 26.3 Å². The fourth-order valence-electron chi connectivity index (χ4n) is 1.30. The number of ether oxygens (including phenoxy) is 1. The molecule has 0 bridgehead atoms. The zero-order valence-electron chi connectivity index (χ0n) is 8.78. The second-order valence-electron chi connectivity index (χ2n) is 3.20. The van der Waals surface area contributed by atoms with Crippen molar-refractivity contribution in [3.8, 4) is 0 Å². The van der Waals surface area contributed by atoms with Crippen LogP contribution in [-0.4, -0.2) is 29.5 Å². The van der Waals surface area contributed by atoms with Crippen LogP contribution < -0.4 is 5.73 Å². The number of rotatable bonds is 7. The lowest BCUT2D eigenvalue weighted by Crippen LogP contribution is -2.03. The highest BCUT2D eigenvalue weighted by molar-refractivity contribution is 5.03. The number of hydrogen-bond acceptors (Lipinski definition) is 3. The van der Waals surface area contributed by atoms with E-state index in [2.05, 4.69) is 11.3 Å². The average Bonchev–Trinajstić information content (AvgIpc) is 2.61. The highest BCUT2D eigenvalue weighted by atomic mass is 16.5. The third-order valence-corrected chi connectivity index (χ3v) is 2.00. The smallest absolute Gasteiger partial charge is 0.0522 e. The van der Waals surface area contributed by atoms with E-state index in [0.29, 0.717) is 6.54 Å². The average molecular weight is 197 g/mol. The molecule has 4 nitrogen and oxygen atoms in total. The lowest BCUT2D eigenvalue weighted by molar-refractivity contribution is 0.141.